The Balaban J connectivity index is 1.69. The highest BCUT2D eigenvalue weighted by molar-refractivity contribution is 7.13. The van der Waals surface area contributed by atoms with Crippen LogP contribution in [0.4, 0.5) is 0 Å². The summed E-state index contributed by atoms with van der Waals surface area (Å²) in [6, 6.07) is 14.1. The summed E-state index contributed by atoms with van der Waals surface area (Å²) in [6.07, 6.45) is 2.17. The second-order valence-corrected chi connectivity index (χ2v) is 7.35. The molecular weight excluding hydrogens is 294 g/mol. The highest BCUT2D eigenvalue weighted by Crippen LogP contribution is 2.32. The number of rotatable bonds is 5. The predicted molar refractivity (Wildman–Crippen MR) is 89.2 cm³/mol. The molecule has 1 atom stereocenters. The first-order valence-corrected chi connectivity index (χ1v) is 8.53. The minimum atomic E-state index is -0.204. The zero-order chi connectivity index (χ0) is 15.5. The number of hydrogen-bond acceptors (Lipinski definition) is 3. The van der Waals surface area contributed by atoms with E-state index in [-0.39, 0.29) is 18.1 Å². The number of nitrogens with one attached hydrogen (secondary N) is 1. The fraction of sp³-hybridized carbons (Fsp3) is 0.389. The number of aliphatic hydroxyl groups is 1. The lowest BCUT2D eigenvalue weighted by Crippen LogP contribution is -2.48. The molecule has 0 unspecified atom stereocenters. The molecule has 1 saturated carbocycles. The third kappa shape index (κ3) is 3.57. The molecule has 0 saturated heterocycles. The average Bonchev–Trinajstić information content (AvgIpc) is 2.91. The number of carbonyl (C=O) groups excluding carboxylic acids is 1. The van der Waals surface area contributed by atoms with Crippen LogP contribution in [0.15, 0.2) is 42.5 Å². The molecule has 2 aromatic rings. The molecule has 116 valence electrons. The van der Waals surface area contributed by atoms with Gasteiger partial charge in [-0.25, -0.2) is 0 Å². The van der Waals surface area contributed by atoms with Crippen LogP contribution in [0.5, 0.6) is 0 Å². The van der Waals surface area contributed by atoms with Crippen LogP contribution in [0.3, 0.4) is 0 Å². The standard InChI is InChI=1S/C18H21NO2S/c1-12-7-8-17(22-12)18(21)19-16(14-10-15(20)11-14)9-13-5-3-2-4-6-13/h2-8,14-16,20H,9-11H2,1H3,(H,19,21)/t14?,15?,16-/m1/s1. The van der Waals surface area contributed by atoms with Crippen LogP contribution in [-0.2, 0) is 6.42 Å². The summed E-state index contributed by atoms with van der Waals surface area (Å²) in [5, 5.41) is 12.8. The van der Waals surface area contributed by atoms with Gasteiger partial charge in [0.25, 0.3) is 5.91 Å². The first kappa shape index (κ1) is 15.3. The second kappa shape index (κ2) is 6.63. The van der Waals surface area contributed by atoms with Crippen molar-refractivity contribution in [1.29, 1.82) is 0 Å². The van der Waals surface area contributed by atoms with Gasteiger partial charge >= 0.3 is 0 Å². The van der Waals surface area contributed by atoms with Crippen molar-refractivity contribution in [2.75, 3.05) is 0 Å². The maximum Gasteiger partial charge on any atom is 0.261 e. The molecule has 1 aliphatic carbocycles. The Morgan fingerprint density at radius 3 is 2.59 bits per heavy atom. The minimum Gasteiger partial charge on any atom is -0.393 e. The quantitative estimate of drug-likeness (QED) is 0.890. The fourth-order valence-electron chi connectivity index (χ4n) is 2.96. The van der Waals surface area contributed by atoms with E-state index in [4.69, 9.17) is 0 Å². The van der Waals surface area contributed by atoms with E-state index in [1.165, 1.54) is 16.9 Å². The summed E-state index contributed by atoms with van der Waals surface area (Å²) in [7, 11) is 0. The van der Waals surface area contributed by atoms with Gasteiger partial charge in [-0.05, 0) is 49.8 Å². The number of amides is 1. The lowest BCUT2D eigenvalue weighted by atomic mass is 9.75. The summed E-state index contributed by atoms with van der Waals surface area (Å²) in [6.45, 7) is 2.01. The topological polar surface area (TPSA) is 49.3 Å². The van der Waals surface area contributed by atoms with E-state index < -0.39 is 0 Å². The number of aliphatic hydroxyl groups excluding tert-OH is 1. The van der Waals surface area contributed by atoms with Crippen LogP contribution < -0.4 is 5.32 Å². The first-order valence-electron chi connectivity index (χ1n) is 7.71. The Bertz CT molecular complexity index is 632. The van der Waals surface area contributed by atoms with E-state index in [9.17, 15) is 9.90 Å². The average molecular weight is 315 g/mol. The summed E-state index contributed by atoms with van der Waals surface area (Å²) in [5.41, 5.74) is 1.22. The van der Waals surface area contributed by atoms with E-state index in [0.717, 1.165) is 29.0 Å². The van der Waals surface area contributed by atoms with Gasteiger partial charge < -0.3 is 10.4 Å². The molecule has 0 aliphatic heterocycles. The molecule has 22 heavy (non-hydrogen) atoms. The number of benzene rings is 1. The van der Waals surface area contributed by atoms with Gasteiger partial charge in [0.1, 0.15) is 0 Å². The van der Waals surface area contributed by atoms with Crippen molar-refractivity contribution < 1.29 is 9.90 Å². The first-order chi connectivity index (χ1) is 10.6. The molecule has 1 aromatic carbocycles. The molecule has 1 fully saturated rings. The van der Waals surface area contributed by atoms with E-state index in [1.807, 2.05) is 37.3 Å². The van der Waals surface area contributed by atoms with Crippen molar-refractivity contribution in [3.8, 4) is 0 Å². The summed E-state index contributed by atoms with van der Waals surface area (Å²) in [4.78, 5) is 14.3. The fourth-order valence-corrected chi connectivity index (χ4v) is 3.73. The molecule has 4 heteroatoms. The highest BCUT2D eigenvalue weighted by Gasteiger charge is 2.35. The number of carbonyl (C=O) groups is 1. The Morgan fingerprint density at radius 1 is 1.27 bits per heavy atom. The van der Waals surface area contributed by atoms with E-state index in [1.54, 1.807) is 0 Å². The summed E-state index contributed by atoms with van der Waals surface area (Å²) < 4.78 is 0. The number of aryl methyl sites for hydroxylation is 1. The maximum absolute atomic E-state index is 12.4. The maximum atomic E-state index is 12.4. The Hall–Kier alpha value is -1.65. The largest absolute Gasteiger partial charge is 0.393 e. The minimum absolute atomic E-state index is 0.000390. The van der Waals surface area contributed by atoms with Gasteiger partial charge in [0.2, 0.25) is 0 Å². The molecule has 3 rings (SSSR count). The van der Waals surface area contributed by atoms with Crippen LogP contribution in [0, 0.1) is 12.8 Å². The van der Waals surface area contributed by atoms with Gasteiger partial charge in [0.05, 0.1) is 11.0 Å². The van der Waals surface area contributed by atoms with Crippen molar-refractivity contribution in [3.63, 3.8) is 0 Å². The second-order valence-electron chi connectivity index (χ2n) is 6.07. The van der Waals surface area contributed by atoms with Crippen LogP contribution in [0.1, 0.15) is 33.0 Å². The molecule has 1 amide bonds. The molecule has 0 radical (unpaired) electrons. The van der Waals surface area contributed by atoms with E-state index >= 15 is 0 Å². The van der Waals surface area contributed by atoms with Crippen LogP contribution >= 0.6 is 11.3 Å². The Morgan fingerprint density at radius 2 is 2.00 bits per heavy atom. The third-order valence-corrected chi connectivity index (χ3v) is 5.30. The van der Waals surface area contributed by atoms with E-state index in [2.05, 4.69) is 17.4 Å². The van der Waals surface area contributed by atoms with Crippen LogP contribution in [0.25, 0.3) is 0 Å². The molecule has 3 nitrogen and oxygen atoms in total. The Kier molecular flexibility index (Phi) is 4.60. The summed E-state index contributed by atoms with van der Waals surface area (Å²) >= 11 is 1.52. The zero-order valence-corrected chi connectivity index (χ0v) is 13.5. The van der Waals surface area contributed by atoms with Crippen molar-refractivity contribution in [1.82, 2.24) is 5.32 Å². The van der Waals surface area contributed by atoms with Crippen LogP contribution in [-0.4, -0.2) is 23.2 Å². The normalized spacial score (nSPS) is 21.9. The van der Waals surface area contributed by atoms with Gasteiger partial charge in [-0.1, -0.05) is 30.3 Å². The molecule has 1 heterocycles. The molecular formula is C18H21NO2S. The smallest absolute Gasteiger partial charge is 0.261 e. The number of hydrogen-bond donors (Lipinski definition) is 2. The molecule has 0 bridgehead atoms. The van der Waals surface area contributed by atoms with Gasteiger partial charge in [0, 0.05) is 10.9 Å². The van der Waals surface area contributed by atoms with E-state index in [0.29, 0.717) is 5.92 Å². The van der Waals surface area contributed by atoms with Crippen molar-refractivity contribution in [3.05, 3.63) is 57.8 Å². The molecule has 1 aromatic heterocycles. The molecule has 2 N–H and O–H groups in total. The highest BCUT2D eigenvalue weighted by atomic mass is 32.1. The predicted octanol–water partition coefficient (Wildman–Crippen LogP) is 3.17. The molecule has 1 aliphatic rings. The van der Waals surface area contributed by atoms with Gasteiger partial charge in [-0.15, -0.1) is 11.3 Å². The molecule has 0 spiro atoms. The lowest BCUT2D eigenvalue weighted by molar-refractivity contribution is 0.0240. The van der Waals surface area contributed by atoms with Crippen LogP contribution in [0.2, 0.25) is 0 Å². The lowest BCUT2D eigenvalue weighted by Gasteiger charge is -2.38. The van der Waals surface area contributed by atoms with Crippen molar-refractivity contribution in [2.24, 2.45) is 5.92 Å². The Labute approximate surface area is 135 Å². The zero-order valence-electron chi connectivity index (χ0n) is 12.7. The van der Waals surface area contributed by atoms with Gasteiger partial charge in [-0.2, -0.15) is 0 Å². The van der Waals surface area contributed by atoms with Crippen molar-refractivity contribution >= 4 is 17.2 Å². The SMILES string of the molecule is Cc1ccc(C(=O)N[C@H](Cc2ccccc2)C2CC(O)C2)s1. The third-order valence-electron chi connectivity index (χ3n) is 4.30. The summed E-state index contributed by atoms with van der Waals surface area (Å²) in [5.74, 6) is 0.362. The van der Waals surface area contributed by atoms with Gasteiger partial charge in [-0.3, -0.25) is 4.79 Å². The number of thiophene rings is 1. The van der Waals surface area contributed by atoms with Crippen molar-refractivity contribution in [2.45, 2.75) is 38.3 Å². The van der Waals surface area contributed by atoms with Gasteiger partial charge in [0.15, 0.2) is 0 Å². The monoisotopic (exact) mass is 315 g/mol.